The van der Waals surface area contributed by atoms with Crippen molar-refractivity contribution in [3.63, 3.8) is 0 Å². The molecule has 0 aliphatic carbocycles. The monoisotopic (exact) mass is 414 g/mol. The molecule has 1 N–H and O–H groups in total. The minimum absolute atomic E-state index is 0.264. The molecule has 4 aromatic rings. The van der Waals surface area contributed by atoms with Gasteiger partial charge in [0.05, 0.1) is 5.52 Å². The SMILES string of the molecule is Cc1ccc(Cn2c3ccccc3c3nnc(NCCCN4CCCC4=O)nc32)cc1. The Morgan fingerprint density at radius 3 is 2.71 bits per heavy atom. The molecule has 5 rings (SSSR count). The van der Waals surface area contributed by atoms with Crippen molar-refractivity contribution in [2.75, 3.05) is 25.0 Å². The van der Waals surface area contributed by atoms with Gasteiger partial charge in [-0.3, -0.25) is 4.79 Å². The lowest BCUT2D eigenvalue weighted by Crippen LogP contribution is -2.27. The number of fused-ring (bicyclic) bond motifs is 3. The van der Waals surface area contributed by atoms with E-state index in [-0.39, 0.29) is 5.91 Å². The number of aromatic nitrogens is 4. The summed E-state index contributed by atoms with van der Waals surface area (Å²) in [5, 5.41) is 13.1. The van der Waals surface area contributed by atoms with E-state index < -0.39 is 0 Å². The Morgan fingerprint density at radius 1 is 1.06 bits per heavy atom. The molecule has 0 unspecified atom stereocenters. The van der Waals surface area contributed by atoms with Crippen molar-refractivity contribution in [1.82, 2.24) is 24.6 Å². The van der Waals surface area contributed by atoms with Crippen LogP contribution in [-0.2, 0) is 11.3 Å². The van der Waals surface area contributed by atoms with Crippen molar-refractivity contribution in [2.45, 2.75) is 32.7 Å². The van der Waals surface area contributed by atoms with Gasteiger partial charge in [0.15, 0.2) is 5.65 Å². The van der Waals surface area contributed by atoms with Gasteiger partial charge in [-0.25, -0.2) is 0 Å². The second-order valence-electron chi connectivity index (χ2n) is 8.16. The molecule has 0 radical (unpaired) electrons. The molecule has 2 aromatic heterocycles. The third-order valence-corrected chi connectivity index (χ3v) is 5.89. The van der Waals surface area contributed by atoms with Gasteiger partial charge in [0.1, 0.15) is 5.52 Å². The summed E-state index contributed by atoms with van der Waals surface area (Å²) in [7, 11) is 0. The van der Waals surface area contributed by atoms with E-state index in [1.54, 1.807) is 0 Å². The predicted octanol–water partition coefficient (Wildman–Crippen LogP) is 3.76. The van der Waals surface area contributed by atoms with Crippen LogP contribution in [0.3, 0.4) is 0 Å². The van der Waals surface area contributed by atoms with Crippen LogP contribution in [0.15, 0.2) is 48.5 Å². The summed E-state index contributed by atoms with van der Waals surface area (Å²) in [4.78, 5) is 18.5. The lowest BCUT2D eigenvalue weighted by molar-refractivity contribution is -0.127. The maximum atomic E-state index is 11.7. The molecule has 31 heavy (non-hydrogen) atoms. The minimum atomic E-state index is 0.264. The van der Waals surface area contributed by atoms with Crippen molar-refractivity contribution >= 4 is 33.9 Å². The summed E-state index contributed by atoms with van der Waals surface area (Å²) in [6.07, 6.45) is 2.52. The third-order valence-electron chi connectivity index (χ3n) is 5.89. The highest BCUT2D eigenvalue weighted by molar-refractivity contribution is 6.04. The lowest BCUT2D eigenvalue weighted by Gasteiger charge is -2.15. The van der Waals surface area contributed by atoms with E-state index >= 15 is 0 Å². The zero-order valence-electron chi connectivity index (χ0n) is 17.7. The molecule has 2 aromatic carbocycles. The van der Waals surface area contributed by atoms with Gasteiger partial charge < -0.3 is 14.8 Å². The molecule has 1 fully saturated rings. The molecular formula is C24H26N6O. The quantitative estimate of drug-likeness (QED) is 0.466. The fourth-order valence-electron chi connectivity index (χ4n) is 4.23. The number of anilines is 1. The Hall–Kier alpha value is -3.48. The summed E-state index contributed by atoms with van der Waals surface area (Å²) in [6.45, 7) is 5.17. The van der Waals surface area contributed by atoms with E-state index in [0.717, 1.165) is 54.5 Å². The van der Waals surface area contributed by atoms with Gasteiger partial charge in [0.2, 0.25) is 11.9 Å². The Morgan fingerprint density at radius 2 is 1.90 bits per heavy atom. The number of carbonyl (C=O) groups excluding carboxylic acids is 1. The van der Waals surface area contributed by atoms with Gasteiger partial charge in [0, 0.05) is 38.0 Å². The van der Waals surface area contributed by atoms with Crippen LogP contribution in [0.25, 0.3) is 22.1 Å². The zero-order chi connectivity index (χ0) is 21.2. The highest BCUT2D eigenvalue weighted by Gasteiger charge is 2.19. The Labute approximate surface area is 181 Å². The number of amides is 1. The number of rotatable bonds is 7. The van der Waals surface area contributed by atoms with Crippen LogP contribution in [-0.4, -0.2) is 50.2 Å². The highest BCUT2D eigenvalue weighted by Crippen LogP contribution is 2.27. The van der Waals surface area contributed by atoms with Crippen LogP contribution in [0.1, 0.15) is 30.4 Å². The van der Waals surface area contributed by atoms with E-state index in [2.05, 4.69) is 63.4 Å². The number of likely N-dealkylation sites (tertiary alicyclic amines) is 1. The number of para-hydroxylation sites is 1. The molecule has 1 aliphatic rings. The maximum absolute atomic E-state index is 11.7. The smallest absolute Gasteiger partial charge is 0.244 e. The van der Waals surface area contributed by atoms with E-state index in [4.69, 9.17) is 4.98 Å². The average molecular weight is 415 g/mol. The summed E-state index contributed by atoms with van der Waals surface area (Å²) >= 11 is 0. The minimum Gasteiger partial charge on any atom is -0.353 e. The molecule has 3 heterocycles. The fourth-order valence-corrected chi connectivity index (χ4v) is 4.23. The maximum Gasteiger partial charge on any atom is 0.244 e. The number of nitrogens with one attached hydrogen (secondary N) is 1. The molecule has 0 spiro atoms. The van der Waals surface area contributed by atoms with E-state index in [9.17, 15) is 4.79 Å². The van der Waals surface area contributed by atoms with Gasteiger partial charge in [0.25, 0.3) is 0 Å². The molecule has 0 saturated carbocycles. The number of benzene rings is 2. The highest BCUT2D eigenvalue weighted by atomic mass is 16.2. The zero-order valence-corrected chi connectivity index (χ0v) is 17.7. The van der Waals surface area contributed by atoms with Gasteiger partial charge in [-0.05, 0) is 31.4 Å². The number of nitrogens with zero attached hydrogens (tertiary/aromatic N) is 5. The van der Waals surface area contributed by atoms with Crippen LogP contribution >= 0.6 is 0 Å². The first-order valence-electron chi connectivity index (χ1n) is 10.9. The standard InChI is InChI=1S/C24H26N6O/c1-17-9-11-18(12-10-17)16-30-20-7-3-2-6-19(20)22-23(30)26-24(28-27-22)25-13-5-15-29-14-4-8-21(29)31/h2-3,6-7,9-12H,4-5,8,13-16H2,1H3,(H,25,26,28). The van der Waals surface area contributed by atoms with Crippen molar-refractivity contribution in [2.24, 2.45) is 0 Å². The first kappa shape index (κ1) is 19.5. The molecule has 1 aliphatic heterocycles. The molecule has 7 heteroatoms. The van der Waals surface area contributed by atoms with Crippen molar-refractivity contribution in [3.8, 4) is 0 Å². The number of hydrogen-bond acceptors (Lipinski definition) is 5. The molecule has 0 atom stereocenters. The Kier molecular flexibility index (Phi) is 5.24. The van der Waals surface area contributed by atoms with Crippen LogP contribution in [0, 0.1) is 6.92 Å². The lowest BCUT2D eigenvalue weighted by atomic mass is 10.1. The van der Waals surface area contributed by atoms with Crippen LogP contribution in [0.5, 0.6) is 0 Å². The first-order chi connectivity index (χ1) is 15.2. The third kappa shape index (κ3) is 3.95. The molecular weight excluding hydrogens is 388 g/mol. The van der Waals surface area contributed by atoms with Crippen LogP contribution in [0.2, 0.25) is 0 Å². The summed E-state index contributed by atoms with van der Waals surface area (Å²) in [6, 6.07) is 16.8. The molecule has 1 amide bonds. The average Bonchev–Trinajstić information content (AvgIpc) is 3.34. The van der Waals surface area contributed by atoms with E-state index in [1.165, 1.54) is 11.1 Å². The fraction of sp³-hybridized carbons (Fsp3) is 0.333. The second-order valence-corrected chi connectivity index (χ2v) is 8.16. The van der Waals surface area contributed by atoms with Gasteiger partial charge in [-0.1, -0.05) is 48.0 Å². The van der Waals surface area contributed by atoms with E-state index in [1.807, 2.05) is 17.0 Å². The number of aryl methyl sites for hydroxylation is 1. The largest absolute Gasteiger partial charge is 0.353 e. The first-order valence-corrected chi connectivity index (χ1v) is 10.9. The van der Waals surface area contributed by atoms with Gasteiger partial charge in [-0.2, -0.15) is 4.98 Å². The summed E-state index contributed by atoms with van der Waals surface area (Å²) in [5.74, 6) is 0.785. The Bertz CT molecular complexity index is 1230. The summed E-state index contributed by atoms with van der Waals surface area (Å²) < 4.78 is 2.21. The normalized spacial score (nSPS) is 14.1. The van der Waals surface area contributed by atoms with Crippen LogP contribution in [0.4, 0.5) is 5.95 Å². The van der Waals surface area contributed by atoms with Crippen LogP contribution < -0.4 is 5.32 Å². The van der Waals surface area contributed by atoms with Crippen molar-refractivity contribution in [1.29, 1.82) is 0 Å². The molecule has 7 nitrogen and oxygen atoms in total. The molecule has 0 bridgehead atoms. The summed E-state index contributed by atoms with van der Waals surface area (Å²) in [5.41, 5.74) is 5.21. The second kappa shape index (κ2) is 8.34. The van der Waals surface area contributed by atoms with Gasteiger partial charge in [-0.15, -0.1) is 10.2 Å². The number of hydrogen-bond donors (Lipinski definition) is 1. The predicted molar refractivity (Wildman–Crippen MR) is 122 cm³/mol. The van der Waals surface area contributed by atoms with Gasteiger partial charge >= 0.3 is 0 Å². The molecule has 158 valence electrons. The van der Waals surface area contributed by atoms with E-state index in [0.29, 0.717) is 18.9 Å². The number of carbonyl (C=O) groups is 1. The van der Waals surface area contributed by atoms with Crippen molar-refractivity contribution < 1.29 is 4.79 Å². The Balaban J connectivity index is 1.39. The molecule has 1 saturated heterocycles. The topological polar surface area (TPSA) is 75.9 Å². The van der Waals surface area contributed by atoms with Crippen molar-refractivity contribution in [3.05, 3.63) is 59.7 Å².